The summed E-state index contributed by atoms with van der Waals surface area (Å²) < 4.78 is 4.86. The van der Waals surface area contributed by atoms with E-state index in [0.717, 1.165) is 18.2 Å². The molecule has 1 saturated carbocycles. The molecule has 1 aromatic rings. The second kappa shape index (κ2) is 4.44. The minimum Gasteiger partial charge on any atom is -0.338 e. The first-order valence-electron chi connectivity index (χ1n) is 5.18. The minimum atomic E-state index is -0.0909. The van der Waals surface area contributed by atoms with Crippen LogP contribution in [-0.4, -0.2) is 24.2 Å². The quantitative estimate of drug-likeness (QED) is 0.756. The molecule has 0 unspecified atom stereocenters. The highest BCUT2D eigenvalue weighted by Crippen LogP contribution is 2.27. The van der Waals surface area contributed by atoms with Crippen molar-refractivity contribution in [2.24, 2.45) is 5.92 Å². The van der Waals surface area contributed by atoms with E-state index in [1.807, 2.05) is 6.92 Å². The van der Waals surface area contributed by atoms with Crippen LogP contribution in [0.15, 0.2) is 10.6 Å². The van der Waals surface area contributed by atoms with Crippen LogP contribution < -0.4 is 10.6 Å². The van der Waals surface area contributed by atoms with Crippen LogP contribution in [-0.2, 0) is 4.79 Å². The number of carbonyl (C=O) groups is 1. The van der Waals surface area contributed by atoms with Gasteiger partial charge in [0.05, 0.1) is 12.2 Å². The summed E-state index contributed by atoms with van der Waals surface area (Å²) in [6, 6.07) is 1.69. The number of rotatable bonds is 5. The third-order valence-electron chi connectivity index (χ3n) is 2.31. The van der Waals surface area contributed by atoms with E-state index < -0.39 is 0 Å². The van der Waals surface area contributed by atoms with Gasteiger partial charge in [-0.15, -0.1) is 0 Å². The zero-order valence-corrected chi connectivity index (χ0v) is 8.75. The van der Waals surface area contributed by atoms with Gasteiger partial charge in [-0.25, -0.2) is 0 Å². The van der Waals surface area contributed by atoms with E-state index in [9.17, 15) is 4.79 Å². The normalized spacial score (nSPS) is 15.3. The highest BCUT2D eigenvalue weighted by Gasteiger charge is 2.20. The Kier molecular flexibility index (Phi) is 3.01. The van der Waals surface area contributed by atoms with Crippen molar-refractivity contribution in [2.75, 3.05) is 18.4 Å². The summed E-state index contributed by atoms with van der Waals surface area (Å²) in [5.41, 5.74) is 0.760. The van der Waals surface area contributed by atoms with Gasteiger partial charge >= 0.3 is 0 Å². The number of aryl methyl sites for hydroxylation is 1. The first kappa shape index (κ1) is 10.2. The molecule has 82 valence electrons. The minimum absolute atomic E-state index is 0.0909. The Morgan fingerprint density at radius 3 is 3.07 bits per heavy atom. The number of nitrogens with one attached hydrogen (secondary N) is 2. The Hall–Kier alpha value is -1.36. The third kappa shape index (κ3) is 3.36. The monoisotopic (exact) mass is 209 g/mol. The number of amides is 1. The molecular formula is C10H15N3O2. The molecule has 5 heteroatoms. The molecule has 0 saturated heterocycles. The standard InChI is InChI=1S/C10H15N3O2/c1-7-4-10(15-13-7)12-9(14)6-11-5-8-2-3-8/h4,8,11H,2-3,5-6H2,1H3,(H,12,14). The van der Waals surface area contributed by atoms with Crippen molar-refractivity contribution >= 4 is 11.8 Å². The molecule has 1 fully saturated rings. The van der Waals surface area contributed by atoms with Crippen LogP contribution in [0.2, 0.25) is 0 Å². The van der Waals surface area contributed by atoms with Gasteiger partial charge in [-0.3, -0.25) is 10.1 Å². The zero-order chi connectivity index (χ0) is 10.7. The van der Waals surface area contributed by atoms with Gasteiger partial charge in [-0.05, 0) is 32.2 Å². The molecule has 15 heavy (non-hydrogen) atoms. The van der Waals surface area contributed by atoms with Crippen molar-refractivity contribution in [1.29, 1.82) is 0 Å². The molecule has 1 amide bonds. The van der Waals surface area contributed by atoms with E-state index in [4.69, 9.17) is 4.52 Å². The van der Waals surface area contributed by atoms with Crippen LogP contribution in [0.25, 0.3) is 0 Å². The Morgan fingerprint density at radius 1 is 1.67 bits per heavy atom. The number of hydrogen-bond acceptors (Lipinski definition) is 4. The summed E-state index contributed by atoms with van der Waals surface area (Å²) in [7, 11) is 0. The highest BCUT2D eigenvalue weighted by molar-refractivity contribution is 5.90. The first-order valence-corrected chi connectivity index (χ1v) is 5.18. The fourth-order valence-electron chi connectivity index (χ4n) is 1.32. The summed E-state index contributed by atoms with van der Waals surface area (Å²) in [5.74, 6) is 1.10. The second-order valence-corrected chi connectivity index (χ2v) is 3.95. The highest BCUT2D eigenvalue weighted by atomic mass is 16.5. The summed E-state index contributed by atoms with van der Waals surface area (Å²) in [4.78, 5) is 11.4. The number of nitrogens with zero attached hydrogens (tertiary/aromatic N) is 1. The molecule has 2 rings (SSSR count). The number of carbonyl (C=O) groups excluding carboxylic acids is 1. The molecule has 0 spiro atoms. The van der Waals surface area contributed by atoms with Crippen molar-refractivity contribution in [1.82, 2.24) is 10.5 Å². The summed E-state index contributed by atoms with van der Waals surface area (Å²) in [6.45, 7) is 3.07. The first-order chi connectivity index (χ1) is 7.24. The molecule has 2 N–H and O–H groups in total. The average Bonchev–Trinajstić information content (AvgIpc) is 2.91. The van der Waals surface area contributed by atoms with Gasteiger partial charge in [-0.2, -0.15) is 0 Å². The van der Waals surface area contributed by atoms with Crippen molar-refractivity contribution in [2.45, 2.75) is 19.8 Å². The lowest BCUT2D eigenvalue weighted by molar-refractivity contribution is -0.115. The maximum absolute atomic E-state index is 11.4. The summed E-state index contributed by atoms with van der Waals surface area (Å²) in [5, 5.41) is 9.40. The van der Waals surface area contributed by atoms with Gasteiger partial charge in [0.25, 0.3) is 0 Å². The van der Waals surface area contributed by atoms with Crippen LogP contribution in [0, 0.1) is 12.8 Å². The van der Waals surface area contributed by atoms with Gasteiger partial charge < -0.3 is 9.84 Å². The van der Waals surface area contributed by atoms with Crippen molar-refractivity contribution < 1.29 is 9.32 Å². The molecule has 1 aromatic heterocycles. The van der Waals surface area contributed by atoms with Crippen molar-refractivity contribution in [3.8, 4) is 0 Å². The van der Waals surface area contributed by atoms with Crippen molar-refractivity contribution in [3.05, 3.63) is 11.8 Å². The maximum atomic E-state index is 11.4. The predicted molar refractivity (Wildman–Crippen MR) is 55.5 cm³/mol. The summed E-state index contributed by atoms with van der Waals surface area (Å²) in [6.07, 6.45) is 2.58. The number of aromatic nitrogens is 1. The van der Waals surface area contributed by atoms with Crippen LogP contribution in [0.3, 0.4) is 0 Å². The van der Waals surface area contributed by atoms with E-state index in [1.165, 1.54) is 12.8 Å². The lowest BCUT2D eigenvalue weighted by Gasteiger charge is -2.02. The van der Waals surface area contributed by atoms with Gasteiger partial charge in [0.2, 0.25) is 11.8 Å². The fourth-order valence-corrected chi connectivity index (χ4v) is 1.32. The van der Waals surface area contributed by atoms with E-state index in [0.29, 0.717) is 12.4 Å². The van der Waals surface area contributed by atoms with E-state index in [1.54, 1.807) is 6.07 Å². The maximum Gasteiger partial charge on any atom is 0.240 e. The molecule has 1 heterocycles. The molecule has 0 aromatic carbocycles. The lowest BCUT2D eigenvalue weighted by atomic mass is 10.4. The lowest BCUT2D eigenvalue weighted by Crippen LogP contribution is -2.29. The van der Waals surface area contributed by atoms with Crippen LogP contribution in [0.4, 0.5) is 5.88 Å². The Labute approximate surface area is 88.2 Å². The average molecular weight is 209 g/mol. The molecule has 1 aliphatic carbocycles. The zero-order valence-electron chi connectivity index (χ0n) is 8.75. The molecule has 0 aliphatic heterocycles. The van der Waals surface area contributed by atoms with Gasteiger partial charge in [0.1, 0.15) is 0 Å². The second-order valence-electron chi connectivity index (χ2n) is 3.95. The predicted octanol–water partition coefficient (Wildman–Crippen LogP) is 0.921. The molecule has 0 radical (unpaired) electrons. The van der Waals surface area contributed by atoms with Gasteiger partial charge in [0.15, 0.2) is 0 Å². The fraction of sp³-hybridized carbons (Fsp3) is 0.600. The van der Waals surface area contributed by atoms with E-state index >= 15 is 0 Å². The number of anilines is 1. The Balaban J connectivity index is 1.67. The molecule has 0 atom stereocenters. The molecular weight excluding hydrogens is 194 g/mol. The third-order valence-corrected chi connectivity index (χ3v) is 2.31. The van der Waals surface area contributed by atoms with Gasteiger partial charge in [-0.1, -0.05) is 5.16 Å². The number of hydrogen-bond donors (Lipinski definition) is 2. The Bertz CT molecular complexity index is 344. The van der Waals surface area contributed by atoms with Crippen LogP contribution in [0.5, 0.6) is 0 Å². The molecule has 0 bridgehead atoms. The van der Waals surface area contributed by atoms with Crippen molar-refractivity contribution in [3.63, 3.8) is 0 Å². The smallest absolute Gasteiger partial charge is 0.240 e. The van der Waals surface area contributed by atoms with Crippen LogP contribution in [0.1, 0.15) is 18.5 Å². The SMILES string of the molecule is Cc1cc(NC(=O)CNCC2CC2)on1. The summed E-state index contributed by atoms with van der Waals surface area (Å²) >= 11 is 0. The van der Waals surface area contributed by atoms with Gasteiger partial charge in [0, 0.05) is 6.07 Å². The van der Waals surface area contributed by atoms with E-state index in [2.05, 4.69) is 15.8 Å². The van der Waals surface area contributed by atoms with E-state index in [-0.39, 0.29) is 5.91 Å². The topological polar surface area (TPSA) is 67.2 Å². The largest absolute Gasteiger partial charge is 0.338 e. The molecule has 1 aliphatic rings. The Morgan fingerprint density at radius 2 is 2.47 bits per heavy atom. The molecule has 5 nitrogen and oxygen atoms in total. The van der Waals surface area contributed by atoms with Crippen LogP contribution >= 0.6 is 0 Å².